The number of nitrogens with zero attached hydrogens (tertiary/aromatic N) is 2. The highest BCUT2D eigenvalue weighted by atomic mass is 127. The molecule has 0 N–H and O–H groups in total. The standard InChI is InChI=1S/C6H12IN2/c1-9(4-5-9)6-2-3-8(6)7/h6H,2-5H2,1H3/q+1. The van der Waals surface area contributed by atoms with Gasteiger partial charge in [-0.1, -0.05) is 0 Å². The quantitative estimate of drug-likeness (QED) is 0.283. The largest absolute Gasteiger partial charge is 0.301 e. The summed E-state index contributed by atoms with van der Waals surface area (Å²) in [6, 6.07) is 0. The number of rotatable bonds is 1. The minimum atomic E-state index is 0.866. The predicted octanol–water partition coefficient (Wildman–Crippen LogP) is 0.828. The molecule has 2 heterocycles. The fraction of sp³-hybridized carbons (Fsp3) is 1.00. The molecule has 0 aromatic rings. The van der Waals surface area contributed by atoms with Crippen LogP contribution in [0.25, 0.3) is 0 Å². The van der Waals surface area contributed by atoms with E-state index in [-0.39, 0.29) is 0 Å². The van der Waals surface area contributed by atoms with E-state index in [4.69, 9.17) is 0 Å². The summed E-state index contributed by atoms with van der Waals surface area (Å²) < 4.78 is 3.76. The van der Waals surface area contributed by atoms with Crippen LogP contribution in [0.5, 0.6) is 0 Å². The Morgan fingerprint density at radius 1 is 1.56 bits per heavy atom. The zero-order chi connectivity index (χ0) is 6.48. The first-order valence-electron chi connectivity index (χ1n) is 3.49. The smallest absolute Gasteiger partial charge is 0.155 e. The molecule has 0 aromatic carbocycles. The van der Waals surface area contributed by atoms with Crippen LogP contribution < -0.4 is 0 Å². The molecule has 2 fully saturated rings. The maximum atomic E-state index is 2.44. The molecule has 9 heavy (non-hydrogen) atoms. The van der Waals surface area contributed by atoms with Crippen molar-refractivity contribution in [1.82, 2.24) is 3.11 Å². The van der Waals surface area contributed by atoms with Crippen molar-refractivity contribution in [3.8, 4) is 0 Å². The van der Waals surface area contributed by atoms with Gasteiger partial charge in [-0.05, 0) is 0 Å². The van der Waals surface area contributed by atoms with Crippen LogP contribution in [0.4, 0.5) is 0 Å². The van der Waals surface area contributed by atoms with E-state index in [1.807, 2.05) is 0 Å². The highest BCUT2D eigenvalue weighted by Crippen LogP contribution is 2.35. The van der Waals surface area contributed by atoms with Crippen LogP contribution >= 0.6 is 22.9 Å². The summed E-state index contributed by atoms with van der Waals surface area (Å²) in [5.41, 5.74) is 0. The lowest BCUT2D eigenvalue weighted by Gasteiger charge is -2.39. The zero-order valence-corrected chi connectivity index (χ0v) is 7.84. The van der Waals surface area contributed by atoms with Crippen LogP contribution in [-0.4, -0.2) is 40.4 Å². The van der Waals surface area contributed by atoms with Gasteiger partial charge in [-0.3, -0.25) is 0 Å². The molecule has 3 heteroatoms. The lowest BCUT2D eigenvalue weighted by Crippen LogP contribution is -2.53. The van der Waals surface area contributed by atoms with Gasteiger partial charge in [-0.15, -0.1) is 0 Å². The highest BCUT2D eigenvalue weighted by Gasteiger charge is 2.51. The fourth-order valence-electron chi connectivity index (χ4n) is 1.41. The maximum absolute atomic E-state index is 2.44. The van der Waals surface area contributed by atoms with Gasteiger partial charge in [0.25, 0.3) is 0 Å². The zero-order valence-electron chi connectivity index (χ0n) is 5.68. The van der Waals surface area contributed by atoms with E-state index in [2.05, 4.69) is 33.0 Å². The molecule has 2 saturated heterocycles. The number of quaternary nitrogens is 1. The van der Waals surface area contributed by atoms with Crippen LogP contribution in [-0.2, 0) is 0 Å². The van der Waals surface area contributed by atoms with E-state index >= 15 is 0 Å². The average Bonchev–Trinajstić information content (AvgIpc) is 2.44. The van der Waals surface area contributed by atoms with Gasteiger partial charge in [0, 0.05) is 35.8 Å². The summed E-state index contributed by atoms with van der Waals surface area (Å²) in [6.45, 7) is 4.12. The molecule has 52 valence electrons. The van der Waals surface area contributed by atoms with Gasteiger partial charge >= 0.3 is 0 Å². The lowest BCUT2D eigenvalue weighted by atomic mass is 10.2. The number of hydrogen-bond acceptors (Lipinski definition) is 1. The second-order valence-electron chi connectivity index (χ2n) is 3.32. The molecule has 0 saturated carbocycles. The third kappa shape index (κ3) is 0.897. The van der Waals surface area contributed by atoms with Gasteiger partial charge in [-0.2, -0.15) is 3.11 Å². The minimum Gasteiger partial charge on any atom is -0.301 e. The Kier molecular flexibility index (Phi) is 1.29. The van der Waals surface area contributed by atoms with E-state index in [1.165, 1.54) is 30.5 Å². The van der Waals surface area contributed by atoms with E-state index < -0.39 is 0 Å². The van der Waals surface area contributed by atoms with Crippen molar-refractivity contribution in [2.24, 2.45) is 0 Å². The van der Waals surface area contributed by atoms with Gasteiger partial charge in [-0.25, -0.2) is 0 Å². The SMILES string of the molecule is C[N+]1(C2CCN2I)CC1. The molecule has 0 radical (unpaired) electrons. The summed E-state index contributed by atoms with van der Waals surface area (Å²) in [5, 5.41) is 0. The number of likely N-dealkylation sites (N-methyl/N-ethyl adjacent to an activating group) is 1. The van der Waals surface area contributed by atoms with Crippen molar-refractivity contribution in [2.45, 2.75) is 12.6 Å². The molecular formula is C6H12IN2+. The molecule has 0 aromatic heterocycles. The third-order valence-corrected chi connectivity index (χ3v) is 3.70. The van der Waals surface area contributed by atoms with Crippen LogP contribution in [0.1, 0.15) is 6.42 Å². The normalized spacial score (nSPS) is 40.0. The molecule has 0 aliphatic carbocycles. The predicted molar refractivity (Wildman–Crippen MR) is 45.0 cm³/mol. The first-order valence-corrected chi connectivity index (χ1v) is 4.45. The third-order valence-electron chi connectivity index (χ3n) is 2.57. The molecule has 1 atom stereocenters. The van der Waals surface area contributed by atoms with Crippen LogP contribution in [0.15, 0.2) is 0 Å². The Balaban J connectivity index is 1.98. The van der Waals surface area contributed by atoms with Gasteiger partial charge < -0.3 is 4.48 Å². The van der Waals surface area contributed by atoms with Gasteiger partial charge in [0.15, 0.2) is 6.17 Å². The maximum Gasteiger partial charge on any atom is 0.155 e. The number of halogens is 1. The van der Waals surface area contributed by atoms with Crippen LogP contribution in [0, 0.1) is 0 Å². The van der Waals surface area contributed by atoms with Gasteiger partial charge in [0.1, 0.15) is 13.1 Å². The summed E-state index contributed by atoms with van der Waals surface area (Å²) in [5.74, 6) is 0. The van der Waals surface area contributed by atoms with Crippen LogP contribution in [0.3, 0.4) is 0 Å². The Bertz CT molecular complexity index is 133. The molecule has 0 amide bonds. The molecule has 2 aliphatic heterocycles. The van der Waals surface area contributed by atoms with Crippen molar-refractivity contribution in [3.05, 3.63) is 0 Å². The fourth-order valence-corrected chi connectivity index (χ4v) is 2.57. The lowest BCUT2D eigenvalue weighted by molar-refractivity contribution is -0.824. The minimum absolute atomic E-state index is 0.866. The Labute approximate surface area is 69.9 Å². The monoisotopic (exact) mass is 239 g/mol. The second kappa shape index (κ2) is 1.83. The Morgan fingerprint density at radius 2 is 2.22 bits per heavy atom. The molecule has 0 bridgehead atoms. The topological polar surface area (TPSA) is 3.24 Å². The van der Waals surface area contributed by atoms with Gasteiger partial charge in [0.05, 0.1) is 7.05 Å². The summed E-state index contributed by atoms with van der Waals surface area (Å²) in [4.78, 5) is 0. The van der Waals surface area contributed by atoms with E-state index in [0.717, 1.165) is 6.17 Å². The van der Waals surface area contributed by atoms with Gasteiger partial charge in [0.2, 0.25) is 0 Å². The Hall–Kier alpha value is 0.650. The highest BCUT2D eigenvalue weighted by molar-refractivity contribution is 14.1. The van der Waals surface area contributed by atoms with Crippen molar-refractivity contribution >= 4 is 22.9 Å². The molecule has 2 aliphatic rings. The molecule has 2 nitrogen and oxygen atoms in total. The van der Waals surface area contributed by atoms with Crippen molar-refractivity contribution < 1.29 is 4.48 Å². The Morgan fingerprint density at radius 3 is 2.33 bits per heavy atom. The van der Waals surface area contributed by atoms with E-state index in [1.54, 1.807) is 0 Å². The summed E-state index contributed by atoms with van der Waals surface area (Å²) in [7, 11) is 2.36. The molecule has 0 spiro atoms. The van der Waals surface area contributed by atoms with Crippen molar-refractivity contribution in [1.29, 1.82) is 0 Å². The molecule has 1 unspecified atom stereocenters. The van der Waals surface area contributed by atoms with Crippen molar-refractivity contribution in [2.75, 3.05) is 26.7 Å². The second-order valence-corrected chi connectivity index (χ2v) is 4.56. The van der Waals surface area contributed by atoms with E-state index in [9.17, 15) is 0 Å². The van der Waals surface area contributed by atoms with Crippen LogP contribution in [0.2, 0.25) is 0 Å². The number of hydrogen-bond donors (Lipinski definition) is 0. The molecule has 2 rings (SSSR count). The summed E-state index contributed by atoms with van der Waals surface area (Å²) >= 11 is 2.44. The summed E-state index contributed by atoms with van der Waals surface area (Å²) in [6.07, 6.45) is 2.28. The van der Waals surface area contributed by atoms with Crippen molar-refractivity contribution in [3.63, 3.8) is 0 Å². The molecular weight excluding hydrogens is 227 g/mol. The first-order chi connectivity index (χ1) is 4.22. The average molecular weight is 239 g/mol. The van der Waals surface area contributed by atoms with E-state index in [0.29, 0.717) is 0 Å². The first kappa shape index (κ1) is 6.37.